The fourth-order valence-corrected chi connectivity index (χ4v) is 3.11. The molecule has 0 saturated carbocycles. The number of hydrogen-bond donors (Lipinski definition) is 2. The van der Waals surface area contributed by atoms with Crippen LogP contribution in [0.2, 0.25) is 0 Å². The van der Waals surface area contributed by atoms with Crippen LogP contribution in [-0.2, 0) is 10.2 Å². The van der Waals surface area contributed by atoms with E-state index in [4.69, 9.17) is 9.47 Å². The molecule has 126 valence electrons. The summed E-state index contributed by atoms with van der Waals surface area (Å²) in [6.45, 7) is 7.08. The van der Waals surface area contributed by atoms with E-state index in [1.54, 1.807) is 0 Å². The van der Waals surface area contributed by atoms with Crippen molar-refractivity contribution in [1.29, 1.82) is 0 Å². The highest BCUT2D eigenvalue weighted by Gasteiger charge is 2.25. The van der Waals surface area contributed by atoms with Crippen molar-refractivity contribution < 1.29 is 14.3 Å². The van der Waals surface area contributed by atoms with Crippen LogP contribution in [0.3, 0.4) is 0 Å². The second-order valence-electron chi connectivity index (χ2n) is 7.02. The lowest BCUT2D eigenvalue weighted by molar-refractivity contribution is -0.121. The lowest BCUT2D eigenvalue weighted by Gasteiger charge is -2.28. The lowest BCUT2D eigenvalue weighted by Crippen LogP contribution is -2.39. The number of amides is 1. The highest BCUT2D eigenvalue weighted by atomic mass is 16.6. The third kappa shape index (κ3) is 3.96. The Bertz CT molecular complexity index is 565. The maximum atomic E-state index is 12.1. The number of nitrogens with one attached hydrogen (secondary N) is 2. The first-order chi connectivity index (χ1) is 11.0. The van der Waals surface area contributed by atoms with Gasteiger partial charge in [0.25, 0.3) is 0 Å². The summed E-state index contributed by atoms with van der Waals surface area (Å²) in [5, 5.41) is 6.44. The molecular formula is C18H26N2O3. The molecule has 2 aliphatic heterocycles. The van der Waals surface area contributed by atoms with Crippen LogP contribution in [0.15, 0.2) is 18.2 Å². The normalized spacial score (nSPS) is 20.3. The summed E-state index contributed by atoms with van der Waals surface area (Å²) in [6, 6.07) is 6.38. The third-order valence-electron chi connectivity index (χ3n) is 4.65. The minimum atomic E-state index is -0.158. The average molecular weight is 318 g/mol. The van der Waals surface area contributed by atoms with Crippen molar-refractivity contribution in [3.8, 4) is 11.5 Å². The Morgan fingerprint density at radius 3 is 2.83 bits per heavy atom. The van der Waals surface area contributed by atoms with E-state index < -0.39 is 0 Å². The summed E-state index contributed by atoms with van der Waals surface area (Å²) in [4.78, 5) is 12.1. The van der Waals surface area contributed by atoms with E-state index in [9.17, 15) is 4.79 Å². The second-order valence-corrected chi connectivity index (χ2v) is 7.02. The Kier molecular flexibility index (Phi) is 4.76. The molecule has 2 heterocycles. The lowest BCUT2D eigenvalue weighted by atomic mass is 9.84. The largest absolute Gasteiger partial charge is 0.486 e. The monoisotopic (exact) mass is 318 g/mol. The predicted octanol–water partition coefficient (Wildman–Crippen LogP) is 1.99. The van der Waals surface area contributed by atoms with Crippen LogP contribution >= 0.6 is 0 Å². The molecular weight excluding hydrogens is 292 g/mol. The molecule has 0 bridgehead atoms. The molecule has 1 aromatic rings. The number of fused-ring (bicyclic) bond motifs is 1. The molecule has 1 aromatic carbocycles. The second kappa shape index (κ2) is 6.79. The van der Waals surface area contributed by atoms with Crippen molar-refractivity contribution in [2.45, 2.75) is 44.6 Å². The van der Waals surface area contributed by atoms with Gasteiger partial charge in [-0.05, 0) is 37.1 Å². The number of benzene rings is 1. The molecule has 5 nitrogen and oxygen atoms in total. The Morgan fingerprint density at radius 2 is 2.09 bits per heavy atom. The Labute approximate surface area is 137 Å². The molecule has 3 rings (SSSR count). The highest BCUT2D eigenvalue weighted by Crippen LogP contribution is 2.34. The zero-order chi connectivity index (χ0) is 16.3. The number of carbonyl (C=O) groups excluding carboxylic acids is 1. The van der Waals surface area contributed by atoms with Crippen molar-refractivity contribution in [3.05, 3.63) is 23.8 Å². The van der Waals surface area contributed by atoms with E-state index in [0.717, 1.165) is 30.0 Å². The van der Waals surface area contributed by atoms with E-state index in [0.29, 0.717) is 32.2 Å². The first-order valence-corrected chi connectivity index (χ1v) is 8.45. The van der Waals surface area contributed by atoms with Crippen LogP contribution in [0.25, 0.3) is 0 Å². The van der Waals surface area contributed by atoms with E-state index in [1.807, 2.05) is 12.1 Å². The maximum Gasteiger partial charge on any atom is 0.221 e. The summed E-state index contributed by atoms with van der Waals surface area (Å²) >= 11 is 0. The van der Waals surface area contributed by atoms with Crippen LogP contribution in [-0.4, -0.2) is 38.3 Å². The molecule has 1 unspecified atom stereocenters. The number of rotatable bonds is 5. The minimum absolute atomic E-state index is 0.120. The molecule has 23 heavy (non-hydrogen) atoms. The minimum Gasteiger partial charge on any atom is -0.486 e. The van der Waals surface area contributed by atoms with Crippen molar-refractivity contribution in [3.63, 3.8) is 0 Å². The molecule has 1 saturated heterocycles. The van der Waals surface area contributed by atoms with E-state index in [-0.39, 0.29) is 11.3 Å². The summed E-state index contributed by atoms with van der Waals surface area (Å²) in [6.07, 6.45) is 2.83. The van der Waals surface area contributed by atoms with Gasteiger partial charge in [0.1, 0.15) is 13.2 Å². The number of carbonyl (C=O) groups is 1. The third-order valence-corrected chi connectivity index (χ3v) is 4.65. The standard InChI is InChI=1S/C18H26N2O3/c1-18(2,12-20-17(21)11-14-4-3-7-19-14)13-5-6-15-16(10-13)23-9-8-22-15/h5-6,10,14,19H,3-4,7-9,11-12H2,1-2H3,(H,20,21). The Morgan fingerprint density at radius 1 is 1.30 bits per heavy atom. The van der Waals surface area contributed by atoms with Crippen LogP contribution in [0.1, 0.15) is 38.7 Å². The number of ether oxygens (including phenoxy) is 2. The summed E-state index contributed by atoms with van der Waals surface area (Å²) in [7, 11) is 0. The molecule has 1 amide bonds. The molecule has 0 aliphatic carbocycles. The van der Waals surface area contributed by atoms with Gasteiger partial charge in [0.05, 0.1) is 0 Å². The summed E-state index contributed by atoms with van der Waals surface area (Å²) in [5.74, 6) is 1.71. The zero-order valence-electron chi connectivity index (χ0n) is 14.0. The van der Waals surface area contributed by atoms with Gasteiger partial charge < -0.3 is 20.1 Å². The smallest absolute Gasteiger partial charge is 0.221 e. The highest BCUT2D eigenvalue weighted by molar-refractivity contribution is 5.76. The Hall–Kier alpha value is -1.75. The first-order valence-electron chi connectivity index (χ1n) is 8.45. The van der Waals surface area contributed by atoms with Crippen LogP contribution in [0.5, 0.6) is 11.5 Å². The predicted molar refractivity (Wildman–Crippen MR) is 89.1 cm³/mol. The zero-order valence-corrected chi connectivity index (χ0v) is 14.0. The van der Waals surface area contributed by atoms with Crippen molar-refractivity contribution in [1.82, 2.24) is 10.6 Å². The van der Waals surface area contributed by atoms with Gasteiger partial charge in [0.2, 0.25) is 5.91 Å². The topological polar surface area (TPSA) is 59.6 Å². The first kappa shape index (κ1) is 16.1. The molecule has 0 spiro atoms. The van der Waals surface area contributed by atoms with Gasteiger partial charge >= 0.3 is 0 Å². The SMILES string of the molecule is CC(C)(CNC(=O)CC1CCCN1)c1ccc2c(c1)OCCO2. The van der Waals surface area contributed by atoms with Gasteiger partial charge in [-0.25, -0.2) is 0 Å². The van der Waals surface area contributed by atoms with Crippen molar-refractivity contribution in [2.24, 2.45) is 0 Å². The van der Waals surface area contributed by atoms with Gasteiger partial charge in [0, 0.05) is 24.4 Å². The van der Waals surface area contributed by atoms with Crippen LogP contribution < -0.4 is 20.1 Å². The molecule has 0 radical (unpaired) electrons. The van der Waals surface area contributed by atoms with Gasteiger partial charge in [-0.2, -0.15) is 0 Å². The average Bonchev–Trinajstić information content (AvgIpc) is 3.05. The molecule has 1 atom stereocenters. The van der Waals surface area contributed by atoms with Gasteiger partial charge in [0.15, 0.2) is 11.5 Å². The van der Waals surface area contributed by atoms with Crippen molar-refractivity contribution in [2.75, 3.05) is 26.3 Å². The number of hydrogen-bond acceptors (Lipinski definition) is 4. The van der Waals surface area contributed by atoms with Gasteiger partial charge in [-0.1, -0.05) is 19.9 Å². The van der Waals surface area contributed by atoms with Crippen molar-refractivity contribution >= 4 is 5.91 Å². The Balaban J connectivity index is 1.58. The van der Waals surface area contributed by atoms with Crippen LogP contribution in [0, 0.1) is 0 Å². The summed E-state index contributed by atoms with van der Waals surface area (Å²) in [5.41, 5.74) is 0.982. The van der Waals surface area contributed by atoms with E-state index in [2.05, 4.69) is 30.5 Å². The van der Waals surface area contributed by atoms with E-state index in [1.165, 1.54) is 6.42 Å². The van der Waals surface area contributed by atoms with Gasteiger partial charge in [-0.15, -0.1) is 0 Å². The molecule has 5 heteroatoms. The van der Waals surface area contributed by atoms with Gasteiger partial charge in [-0.3, -0.25) is 4.79 Å². The summed E-state index contributed by atoms with van der Waals surface area (Å²) < 4.78 is 11.2. The van der Waals surface area contributed by atoms with Crippen LogP contribution in [0.4, 0.5) is 0 Å². The molecule has 0 aromatic heterocycles. The quantitative estimate of drug-likeness (QED) is 0.872. The van der Waals surface area contributed by atoms with E-state index >= 15 is 0 Å². The molecule has 1 fully saturated rings. The molecule has 2 N–H and O–H groups in total. The maximum absolute atomic E-state index is 12.1. The molecule has 2 aliphatic rings. The fourth-order valence-electron chi connectivity index (χ4n) is 3.11. The fraction of sp³-hybridized carbons (Fsp3) is 0.611.